The highest BCUT2D eigenvalue weighted by atomic mass is 35.5. The first kappa shape index (κ1) is 17.7. The largest absolute Gasteiger partial charge is 1.00 e. The standard InChI is InChI=1S/C18H15ClNOS.ClH/c19-18-7-6-17(22-18)16(21)13-20-10-8-15(9-11-20)12-14-4-2-1-3-5-14;/h1-11H,12-13H2;1H/q+1;/p-1. The second kappa shape index (κ2) is 8.25. The van der Waals surface area contributed by atoms with Crippen LogP contribution in [-0.2, 0) is 13.0 Å². The third kappa shape index (κ3) is 4.90. The van der Waals surface area contributed by atoms with E-state index in [-0.39, 0.29) is 18.2 Å². The van der Waals surface area contributed by atoms with Crippen molar-refractivity contribution in [2.75, 3.05) is 0 Å². The van der Waals surface area contributed by atoms with Gasteiger partial charge in [-0.25, -0.2) is 0 Å². The Morgan fingerprint density at radius 2 is 1.61 bits per heavy atom. The van der Waals surface area contributed by atoms with E-state index in [1.54, 1.807) is 12.1 Å². The SMILES string of the molecule is O=C(C[n+]1ccc(Cc2ccccc2)cc1)c1ccc(Cl)s1.[Cl-]. The predicted octanol–water partition coefficient (Wildman–Crippen LogP) is 1.17. The summed E-state index contributed by atoms with van der Waals surface area (Å²) < 4.78 is 2.54. The number of benzene rings is 1. The van der Waals surface area contributed by atoms with Crippen molar-refractivity contribution in [2.45, 2.75) is 13.0 Å². The fraction of sp³-hybridized carbons (Fsp3) is 0.111. The topological polar surface area (TPSA) is 20.9 Å². The van der Waals surface area contributed by atoms with Crippen molar-refractivity contribution in [3.8, 4) is 0 Å². The molecule has 0 saturated heterocycles. The van der Waals surface area contributed by atoms with Crippen molar-refractivity contribution in [1.82, 2.24) is 0 Å². The molecule has 0 atom stereocenters. The number of ketones is 1. The molecule has 0 amide bonds. The zero-order valence-corrected chi connectivity index (χ0v) is 14.6. The van der Waals surface area contributed by atoms with Gasteiger partial charge in [0, 0.05) is 12.1 Å². The third-order valence-electron chi connectivity index (χ3n) is 3.39. The number of pyridine rings is 1. The molecule has 1 aromatic carbocycles. The molecule has 3 rings (SSSR count). The molecule has 0 unspecified atom stereocenters. The van der Waals surface area contributed by atoms with Gasteiger partial charge in [0.15, 0.2) is 12.4 Å². The fourth-order valence-corrected chi connectivity index (χ4v) is 3.22. The van der Waals surface area contributed by atoms with Gasteiger partial charge >= 0.3 is 0 Å². The van der Waals surface area contributed by atoms with Crippen LogP contribution in [0.1, 0.15) is 20.8 Å². The number of rotatable bonds is 5. The van der Waals surface area contributed by atoms with E-state index in [9.17, 15) is 4.79 Å². The highest BCUT2D eigenvalue weighted by Crippen LogP contribution is 2.21. The first-order valence-corrected chi connectivity index (χ1v) is 8.20. The summed E-state index contributed by atoms with van der Waals surface area (Å²) in [6.07, 6.45) is 4.80. The van der Waals surface area contributed by atoms with Crippen molar-refractivity contribution in [2.24, 2.45) is 0 Å². The van der Waals surface area contributed by atoms with Crippen LogP contribution in [0.5, 0.6) is 0 Å². The molecule has 2 nitrogen and oxygen atoms in total. The van der Waals surface area contributed by atoms with E-state index in [4.69, 9.17) is 11.6 Å². The van der Waals surface area contributed by atoms with E-state index in [1.165, 1.54) is 22.5 Å². The zero-order valence-electron chi connectivity index (χ0n) is 12.3. The van der Waals surface area contributed by atoms with Crippen LogP contribution in [0.4, 0.5) is 0 Å². The summed E-state index contributed by atoms with van der Waals surface area (Å²) in [5.74, 6) is 0.0812. The lowest BCUT2D eigenvalue weighted by atomic mass is 10.1. The lowest BCUT2D eigenvalue weighted by Crippen LogP contribution is -3.00. The molecule has 0 spiro atoms. The average molecular weight is 364 g/mol. The number of thiophene rings is 1. The number of carbonyl (C=O) groups is 1. The molecule has 3 aromatic rings. The van der Waals surface area contributed by atoms with Crippen molar-refractivity contribution in [3.05, 3.63) is 87.3 Å². The van der Waals surface area contributed by atoms with Crippen LogP contribution in [0.3, 0.4) is 0 Å². The number of hydrogen-bond acceptors (Lipinski definition) is 2. The van der Waals surface area contributed by atoms with Crippen LogP contribution in [-0.4, -0.2) is 5.78 Å². The van der Waals surface area contributed by atoms with E-state index in [0.29, 0.717) is 15.8 Å². The minimum absolute atomic E-state index is 0. The minimum Gasteiger partial charge on any atom is -1.00 e. The third-order valence-corrected chi connectivity index (χ3v) is 4.66. The van der Waals surface area contributed by atoms with Gasteiger partial charge in [-0.15, -0.1) is 11.3 Å². The smallest absolute Gasteiger partial charge is 0.237 e. The normalized spacial score (nSPS) is 10.1. The molecule has 0 bridgehead atoms. The van der Waals surface area contributed by atoms with Gasteiger partial charge < -0.3 is 12.4 Å². The summed E-state index contributed by atoms with van der Waals surface area (Å²) in [4.78, 5) is 12.8. The molecule has 2 heterocycles. The Hall–Kier alpha value is -1.68. The van der Waals surface area contributed by atoms with Crippen molar-refractivity contribution in [3.63, 3.8) is 0 Å². The lowest BCUT2D eigenvalue weighted by Gasteiger charge is -2.01. The Bertz CT molecular complexity index is 769. The van der Waals surface area contributed by atoms with Crippen LogP contribution >= 0.6 is 22.9 Å². The van der Waals surface area contributed by atoms with E-state index in [1.807, 2.05) is 35.2 Å². The summed E-state index contributed by atoms with van der Waals surface area (Å²) in [7, 11) is 0. The highest BCUT2D eigenvalue weighted by molar-refractivity contribution is 7.18. The maximum absolute atomic E-state index is 12.1. The van der Waals surface area contributed by atoms with Gasteiger partial charge in [0.2, 0.25) is 12.3 Å². The zero-order chi connectivity index (χ0) is 15.4. The maximum Gasteiger partial charge on any atom is 0.237 e. The van der Waals surface area contributed by atoms with Crippen LogP contribution in [0, 0.1) is 0 Å². The Kier molecular flexibility index (Phi) is 6.34. The van der Waals surface area contributed by atoms with Gasteiger partial charge in [0.05, 0.1) is 9.21 Å². The maximum atomic E-state index is 12.1. The van der Waals surface area contributed by atoms with Gasteiger partial charge in [0.1, 0.15) is 0 Å². The van der Waals surface area contributed by atoms with Gasteiger partial charge in [-0.2, -0.15) is 4.57 Å². The van der Waals surface area contributed by atoms with Crippen molar-refractivity contribution >= 4 is 28.7 Å². The Morgan fingerprint density at radius 3 is 2.22 bits per heavy atom. The number of carbonyl (C=O) groups excluding carboxylic acids is 1. The molecule has 0 saturated carbocycles. The molecule has 0 radical (unpaired) electrons. The number of Topliss-reactive ketones (excluding diaryl/α,β-unsaturated/α-hetero) is 1. The second-order valence-electron chi connectivity index (χ2n) is 5.07. The monoisotopic (exact) mass is 363 g/mol. The van der Waals surface area contributed by atoms with Gasteiger partial charge in [-0.1, -0.05) is 41.9 Å². The Labute approximate surface area is 150 Å². The molecule has 23 heavy (non-hydrogen) atoms. The first-order chi connectivity index (χ1) is 10.7. The molecule has 0 N–H and O–H groups in total. The summed E-state index contributed by atoms with van der Waals surface area (Å²) >= 11 is 7.19. The average Bonchev–Trinajstić information content (AvgIpc) is 2.97. The number of hydrogen-bond donors (Lipinski definition) is 0. The molecule has 2 aromatic heterocycles. The van der Waals surface area contributed by atoms with Crippen LogP contribution < -0.4 is 17.0 Å². The quantitative estimate of drug-likeness (QED) is 0.492. The van der Waals surface area contributed by atoms with Crippen molar-refractivity contribution in [1.29, 1.82) is 0 Å². The van der Waals surface area contributed by atoms with Gasteiger partial charge in [-0.3, -0.25) is 4.79 Å². The summed E-state index contributed by atoms with van der Waals surface area (Å²) in [6.45, 7) is 0.336. The van der Waals surface area contributed by atoms with Crippen molar-refractivity contribution < 1.29 is 21.8 Å². The van der Waals surface area contributed by atoms with Crippen LogP contribution in [0.2, 0.25) is 4.34 Å². The van der Waals surface area contributed by atoms with E-state index in [0.717, 1.165) is 6.42 Å². The lowest BCUT2D eigenvalue weighted by molar-refractivity contribution is -0.683. The fourth-order valence-electron chi connectivity index (χ4n) is 2.25. The van der Waals surface area contributed by atoms with Gasteiger partial charge in [0.25, 0.3) is 0 Å². The molecular weight excluding hydrogens is 349 g/mol. The molecule has 0 aliphatic carbocycles. The molecule has 0 aliphatic rings. The Balaban J connectivity index is 0.00000192. The van der Waals surface area contributed by atoms with E-state index >= 15 is 0 Å². The molecule has 0 fully saturated rings. The van der Waals surface area contributed by atoms with Crippen LogP contribution in [0.15, 0.2) is 67.0 Å². The Morgan fingerprint density at radius 1 is 0.957 bits per heavy atom. The number of nitrogens with zero attached hydrogens (tertiary/aromatic N) is 1. The van der Waals surface area contributed by atoms with E-state index < -0.39 is 0 Å². The summed E-state index contributed by atoms with van der Waals surface area (Å²) in [5, 5.41) is 0. The number of aromatic nitrogens is 1. The second-order valence-corrected chi connectivity index (χ2v) is 6.78. The molecule has 5 heteroatoms. The molecule has 0 aliphatic heterocycles. The summed E-state index contributed by atoms with van der Waals surface area (Å²) in [6, 6.07) is 18.0. The summed E-state index contributed by atoms with van der Waals surface area (Å²) in [5.41, 5.74) is 2.51. The van der Waals surface area contributed by atoms with E-state index in [2.05, 4.69) is 24.3 Å². The first-order valence-electron chi connectivity index (χ1n) is 7.01. The molecular formula is C18H15Cl2NOS. The predicted molar refractivity (Wildman–Crippen MR) is 89.5 cm³/mol. The van der Waals surface area contributed by atoms with Crippen LogP contribution in [0.25, 0.3) is 0 Å². The molecule has 118 valence electrons. The minimum atomic E-state index is 0. The highest BCUT2D eigenvalue weighted by Gasteiger charge is 2.14. The van der Waals surface area contributed by atoms with Gasteiger partial charge in [-0.05, 0) is 29.7 Å². The number of halogens is 2.